The van der Waals surface area contributed by atoms with E-state index < -0.39 is 0 Å². The molecule has 2 N–H and O–H groups in total. The first-order chi connectivity index (χ1) is 14.4. The van der Waals surface area contributed by atoms with Crippen LogP contribution < -0.4 is 19.7 Å². The summed E-state index contributed by atoms with van der Waals surface area (Å²) in [6, 6.07) is 5.72. The number of hydrogen-bond donors (Lipinski definition) is 2. The average Bonchev–Trinajstić information content (AvgIpc) is 3.52. The van der Waals surface area contributed by atoms with Crippen LogP contribution in [0.15, 0.2) is 18.2 Å². The van der Waals surface area contributed by atoms with E-state index >= 15 is 0 Å². The molecular weight excluding hydrogens is 404 g/mol. The lowest BCUT2D eigenvalue weighted by atomic mass is 10.1. The molecule has 8 heteroatoms. The predicted octanol–water partition coefficient (Wildman–Crippen LogP) is 1.91. The van der Waals surface area contributed by atoms with Gasteiger partial charge in [-0.25, -0.2) is 0 Å². The number of nitrogens with zero attached hydrogens (tertiary/aromatic N) is 2. The van der Waals surface area contributed by atoms with Crippen LogP contribution in [0.2, 0.25) is 5.15 Å². The van der Waals surface area contributed by atoms with Gasteiger partial charge in [0.25, 0.3) is 5.91 Å². The van der Waals surface area contributed by atoms with Crippen molar-refractivity contribution in [3.63, 3.8) is 0 Å². The molecule has 2 fully saturated rings. The lowest BCUT2D eigenvalue weighted by Gasteiger charge is -2.30. The van der Waals surface area contributed by atoms with Gasteiger partial charge in [0.1, 0.15) is 29.3 Å². The zero-order valence-corrected chi connectivity index (χ0v) is 18.6. The van der Waals surface area contributed by atoms with E-state index in [1.54, 1.807) is 23.9 Å². The Labute approximate surface area is 182 Å². The Balaban J connectivity index is 1.39. The molecule has 1 aromatic carbocycles. The number of amides is 1. The van der Waals surface area contributed by atoms with Gasteiger partial charge in [-0.3, -0.25) is 9.48 Å². The van der Waals surface area contributed by atoms with Crippen LogP contribution in [0.1, 0.15) is 47.3 Å². The fourth-order valence-corrected chi connectivity index (χ4v) is 4.25. The monoisotopic (exact) mass is 433 g/mol. The van der Waals surface area contributed by atoms with Crippen molar-refractivity contribution in [3.05, 3.63) is 40.2 Å². The lowest BCUT2D eigenvalue weighted by Crippen LogP contribution is -3.12. The minimum absolute atomic E-state index is 0.0695. The first-order valence-corrected chi connectivity index (χ1v) is 11.0. The Morgan fingerprint density at radius 2 is 2.03 bits per heavy atom. The first-order valence-electron chi connectivity index (χ1n) is 10.6. The van der Waals surface area contributed by atoms with Crippen molar-refractivity contribution in [3.8, 4) is 11.5 Å². The van der Waals surface area contributed by atoms with Gasteiger partial charge in [-0.1, -0.05) is 11.6 Å². The molecule has 2 aliphatic rings. The van der Waals surface area contributed by atoms with Gasteiger partial charge in [-0.15, -0.1) is 0 Å². The largest absolute Gasteiger partial charge is 0.497 e. The maximum Gasteiger partial charge on any atom is 0.255 e. The van der Waals surface area contributed by atoms with Crippen molar-refractivity contribution in [1.29, 1.82) is 0 Å². The fraction of sp³-hybridized carbons (Fsp3) is 0.545. The summed E-state index contributed by atoms with van der Waals surface area (Å²) in [7, 11) is 3.50. The van der Waals surface area contributed by atoms with Gasteiger partial charge < -0.3 is 19.7 Å². The molecule has 0 unspecified atom stereocenters. The number of hydrogen-bond acceptors (Lipinski definition) is 4. The number of aryl methyl sites for hydroxylation is 2. The van der Waals surface area contributed by atoms with Crippen LogP contribution in [-0.2, 0) is 13.6 Å². The van der Waals surface area contributed by atoms with E-state index in [4.69, 9.17) is 21.1 Å². The Kier molecular flexibility index (Phi) is 6.20. The Bertz CT molecular complexity index is 917. The van der Waals surface area contributed by atoms with Gasteiger partial charge in [-0.05, 0) is 31.9 Å². The smallest absolute Gasteiger partial charge is 0.255 e. The highest BCUT2D eigenvalue weighted by atomic mass is 35.5. The first kappa shape index (κ1) is 21.0. The molecule has 1 aliphatic heterocycles. The Morgan fingerprint density at radius 3 is 2.63 bits per heavy atom. The lowest BCUT2D eigenvalue weighted by molar-refractivity contribution is -0.919. The third-order valence-corrected chi connectivity index (χ3v) is 6.45. The molecule has 2 aromatic rings. The number of ether oxygens (including phenoxy) is 2. The second-order valence-corrected chi connectivity index (χ2v) is 8.69. The summed E-state index contributed by atoms with van der Waals surface area (Å²) in [6.07, 6.45) is 4.04. The van der Waals surface area contributed by atoms with Crippen molar-refractivity contribution in [2.45, 2.75) is 51.3 Å². The van der Waals surface area contributed by atoms with Crippen molar-refractivity contribution < 1.29 is 19.2 Å². The fourth-order valence-electron chi connectivity index (χ4n) is 4.00. The van der Waals surface area contributed by atoms with E-state index in [0.717, 1.165) is 61.7 Å². The van der Waals surface area contributed by atoms with Gasteiger partial charge in [-0.2, -0.15) is 5.10 Å². The van der Waals surface area contributed by atoms with Gasteiger partial charge in [0.15, 0.2) is 0 Å². The predicted molar refractivity (Wildman–Crippen MR) is 114 cm³/mol. The summed E-state index contributed by atoms with van der Waals surface area (Å²) in [5.41, 5.74) is 2.70. The maximum atomic E-state index is 12.6. The minimum atomic E-state index is -0.0695. The quantitative estimate of drug-likeness (QED) is 0.699. The number of quaternary nitrogens is 1. The molecule has 1 saturated heterocycles. The number of carbonyl (C=O) groups is 1. The van der Waals surface area contributed by atoms with Crippen molar-refractivity contribution in [2.24, 2.45) is 7.05 Å². The van der Waals surface area contributed by atoms with Crippen LogP contribution in [0.4, 0.5) is 0 Å². The van der Waals surface area contributed by atoms with Gasteiger partial charge in [0.2, 0.25) is 0 Å². The molecule has 1 aromatic heterocycles. The summed E-state index contributed by atoms with van der Waals surface area (Å²) in [6.45, 7) is 4.86. The molecule has 0 bridgehead atoms. The SMILES string of the molecule is COc1ccc(C(=O)NC2CC2)c(OC2CC[NH+](Cc3c(C)nn(C)c3Cl)CC2)c1. The van der Waals surface area contributed by atoms with Gasteiger partial charge in [0.05, 0.1) is 37.0 Å². The highest BCUT2D eigenvalue weighted by molar-refractivity contribution is 6.30. The maximum absolute atomic E-state index is 12.6. The van der Waals surface area contributed by atoms with Crippen molar-refractivity contribution >= 4 is 17.5 Å². The van der Waals surface area contributed by atoms with Crippen LogP contribution in [0, 0.1) is 6.92 Å². The number of carbonyl (C=O) groups excluding carboxylic acids is 1. The zero-order valence-electron chi connectivity index (χ0n) is 17.8. The normalized spacial score (nSPS) is 21.3. The summed E-state index contributed by atoms with van der Waals surface area (Å²) < 4.78 is 13.4. The standard InChI is InChI=1S/C22H29ClN4O3/c1-14-19(21(23)26(2)25-14)13-27-10-8-16(9-11-27)30-20-12-17(29-3)6-7-18(20)22(28)24-15-4-5-15/h6-7,12,15-16H,4-5,8-11,13H2,1-3H3,(H,24,28)/p+1. The molecule has 0 atom stereocenters. The summed E-state index contributed by atoms with van der Waals surface area (Å²) in [5.74, 6) is 1.23. The number of aromatic nitrogens is 2. The highest BCUT2D eigenvalue weighted by Gasteiger charge is 2.29. The summed E-state index contributed by atoms with van der Waals surface area (Å²) in [5, 5.41) is 8.18. The number of methoxy groups -OCH3 is 1. The number of likely N-dealkylation sites (tertiary alicyclic amines) is 1. The second kappa shape index (κ2) is 8.86. The highest BCUT2D eigenvalue weighted by Crippen LogP contribution is 2.28. The molecular formula is C22H30ClN4O3+. The number of rotatable bonds is 7. The third-order valence-electron chi connectivity index (χ3n) is 5.98. The van der Waals surface area contributed by atoms with Crippen LogP contribution >= 0.6 is 11.6 Å². The van der Waals surface area contributed by atoms with Gasteiger partial charge in [0, 0.05) is 32.0 Å². The van der Waals surface area contributed by atoms with Crippen LogP contribution in [0.3, 0.4) is 0 Å². The Hall–Kier alpha value is -2.25. The van der Waals surface area contributed by atoms with Crippen LogP contribution in [-0.4, -0.2) is 48.0 Å². The van der Waals surface area contributed by atoms with E-state index in [0.29, 0.717) is 23.1 Å². The van der Waals surface area contributed by atoms with Crippen LogP contribution in [0.5, 0.6) is 11.5 Å². The van der Waals surface area contributed by atoms with E-state index in [1.807, 2.05) is 20.0 Å². The molecule has 30 heavy (non-hydrogen) atoms. The van der Waals surface area contributed by atoms with E-state index in [1.165, 1.54) is 4.90 Å². The number of halogens is 1. The third kappa shape index (κ3) is 4.73. The molecule has 0 spiro atoms. The van der Waals surface area contributed by atoms with E-state index in [9.17, 15) is 4.79 Å². The average molecular weight is 434 g/mol. The summed E-state index contributed by atoms with van der Waals surface area (Å²) in [4.78, 5) is 14.1. The number of piperidine rings is 1. The molecule has 162 valence electrons. The van der Waals surface area contributed by atoms with E-state index in [2.05, 4.69) is 10.4 Å². The Morgan fingerprint density at radius 1 is 1.30 bits per heavy atom. The summed E-state index contributed by atoms with van der Waals surface area (Å²) >= 11 is 6.40. The van der Waals surface area contributed by atoms with E-state index in [-0.39, 0.29) is 12.0 Å². The van der Waals surface area contributed by atoms with Crippen molar-refractivity contribution in [2.75, 3.05) is 20.2 Å². The topological polar surface area (TPSA) is 69.8 Å². The van der Waals surface area contributed by atoms with Crippen LogP contribution in [0.25, 0.3) is 0 Å². The molecule has 1 saturated carbocycles. The van der Waals surface area contributed by atoms with Crippen molar-refractivity contribution in [1.82, 2.24) is 15.1 Å². The molecule has 1 aliphatic carbocycles. The second-order valence-electron chi connectivity index (χ2n) is 8.33. The molecule has 1 amide bonds. The molecule has 7 nitrogen and oxygen atoms in total. The zero-order chi connectivity index (χ0) is 21.3. The molecule has 4 rings (SSSR count). The van der Waals surface area contributed by atoms with Gasteiger partial charge >= 0.3 is 0 Å². The molecule has 2 heterocycles. The number of benzene rings is 1. The number of nitrogens with one attached hydrogen (secondary N) is 2. The minimum Gasteiger partial charge on any atom is -0.497 e. The molecule has 0 radical (unpaired) electrons.